The van der Waals surface area contributed by atoms with Crippen molar-refractivity contribution < 1.29 is 23.5 Å². The summed E-state index contributed by atoms with van der Waals surface area (Å²) < 4.78 is 31.1. The molecule has 0 aliphatic carbocycles. The number of carbonyl (C=O) groups excluding carboxylic acids is 2. The standard InChI is InChI=1S/C34H34ClN9O5S/c1-4-25-29(41-10-12-42(13-11-41)32(47)28-30(46)19(2)36-18-37-28)33(48)44-34(39-31(40-44)21-5-8-26-20(15-21)9-14-49-26)43(25)17-27(45)38-24-7-6-22(50-3)16-23(24)35/h5-8,15-16,18,46H,4,9-14,17H2,1-3H3,(H,38,45)/i3D3. The number of ether oxygens (including phenoxy) is 1. The molecular weight excluding hydrogens is 682 g/mol. The number of aryl methyl sites for hydroxylation is 1. The van der Waals surface area contributed by atoms with Gasteiger partial charge in [0, 0.05) is 47.2 Å². The average Bonchev–Trinajstić information content (AvgIpc) is 3.79. The SMILES string of the molecule is [2H]C([2H])([2H])Sc1ccc(NC(=O)Cn2c(CC)c(N3CCN(C(=O)c4ncnc(C)c4O)CC3)c(=O)n3nc(-c4ccc5c(c4)CCO5)nc23)c(Cl)c1. The van der Waals surface area contributed by atoms with Crippen LogP contribution in [0.1, 0.15) is 38.5 Å². The molecule has 2 N–H and O–H groups in total. The highest BCUT2D eigenvalue weighted by molar-refractivity contribution is 7.98. The molecule has 3 aromatic heterocycles. The first-order chi connectivity index (χ1) is 25.3. The van der Waals surface area contributed by atoms with E-state index in [9.17, 15) is 19.5 Å². The number of anilines is 2. The van der Waals surface area contributed by atoms with E-state index in [1.807, 2.05) is 30.0 Å². The van der Waals surface area contributed by atoms with Crippen LogP contribution in [0.3, 0.4) is 0 Å². The predicted molar refractivity (Wildman–Crippen MR) is 190 cm³/mol. The van der Waals surface area contributed by atoms with Crippen molar-refractivity contribution in [3.05, 3.63) is 80.7 Å². The molecule has 0 atom stereocenters. The molecule has 2 aliphatic rings. The second kappa shape index (κ2) is 13.6. The molecule has 0 saturated carbocycles. The molecule has 2 aliphatic heterocycles. The van der Waals surface area contributed by atoms with Crippen LogP contribution >= 0.6 is 23.4 Å². The fraction of sp³-hybridized carbons (Fsp3) is 0.324. The molecule has 2 amide bonds. The Bertz CT molecular complexity index is 2330. The van der Waals surface area contributed by atoms with Crippen LogP contribution in [0.4, 0.5) is 11.4 Å². The third-order valence-corrected chi connectivity index (χ3v) is 9.64. The molecule has 7 rings (SSSR count). The van der Waals surface area contributed by atoms with Crippen LogP contribution in [0.15, 0.2) is 52.4 Å². The number of aromatic nitrogens is 6. The zero-order chi connectivity index (χ0) is 37.6. The van der Waals surface area contributed by atoms with Crippen molar-refractivity contribution in [1.29, 1.82) is 0 Å². The number of rotatable bonds is 8. The maximum Gasteiger partial charge on any atom is 0.299 e. The van der Waals surface area contributed by atoms with E-state index in [1.54, 1.807) is 22.5 Å². The summed E-state index contributed by atoms with van der Waals surface area (Å²) in [6, 6.07) is 10.2. The molecule has 258 valence electrons. The van der Waals surface area contributed by atoms with Gasteiger partial charge in [-0.15, -0.1) is 16.9 Å². The number of nitrogens with one attached hydrogen (secondary N) is 1. The van der Waals surface area contributed by atoms with Crippen molar-refractivity contribution in [3.63, 3.8) is 0 Å². The summed E-state index contributed by atoms with van der Waals surface area (Å²) >= 11 is 7.13. The third-order valence-electron chi connectivity index (χ3n) is 8.83. The number of aromatic hydroxyl groups is 1. The second-order valence-corrected chi connectivity index (χ2v) is 12.9. The minimum absolute atomic E-state index is 0.0889. The number of halogens is 1. The van der Waals surface area contributed by atoms with E-state index in [0.29, 0.717) is 58.1 Å². The van der Waals surface area contributed by atoms with Crippen molar-refractivity contribution >= 4 is 52.3 Å². The van der Waals surface area contributed by atoms with Crippen LogP contribution < -0.4 is 20.5 Å². The zero-order valence-electron chi connectivity index (χ0n) is 30.1. The maximum atomic E-state index is 14.4. The van der Waals surface area contributed by atoms with Crippen LogP contribution in [0.2, 0.25) is 5.02 Å². The Morgan fingerprint density at radius 3 is 2.72 bits per heavy atom. The lowest BCUT2D eigenvalue weighted by Gasteiger charge is -2.36. The lowest BCUT2D eigenvalue weighted by Crippen LogP contribution is -2.51. The molecule has 50 heavy (non-hydrogen) atoms. The van der Waals surface area contributed by atoms with Gasteiger partial charge in [-0.2, -0.15) is 9.50 Å². The van der Waals surface area contributed by atoms with Crippen LogP contribution in [-0.2, 0) is 24.2 Å². The summed E-state index contributed by atoms with van der Waals surface area (Å²) in [6.07, 6.45) is 0.0496. The van der Waals surface area contributed by atoms with Gasteiger partial charge in [0.05, 0.1) is 28.7 Å². The number of benzene rings is 2. The fourth-order valence-electron chi connectivity index (χ4n) is 6.28. The largest absolute Gasteiger partial charge is 0.504 e. The van der Waals surface area contributed by atoms with Crippen molar-refractivity contribution in [1.82, 2.24) is 34.0 Å². The highest BCUT2D eigenvalue weighted by Crippen LogP contribution is 2.31. The van der Waals surface area contributed by atoms with Gasteiger partial charge in [-0.1, -0.05) is 18.5 Å². The van der Waals surface area contributed by atoms with Gasteiger partial charge < -0.3 is 29.5 Å². The zero-order valence-corrected chi connectivity index (χ0v) is 28.7. The first-order valence-electron chi connectivity index (χ1n) is 17.4. The number of nitrogens with zero attached hydrogens (tertiary/aromatic N) is 8. The predicted octanol–water partition coefficient (Wildman–Crippen LogP) is 3.84. The summed E-state index contributed by atoms with van der Waals surface area (Å²) in [7, 11) is 0. The highest BCUT2D eigenvalue weighted by Gasteiger charge is 2.30. The summed E-state index contributed by atoms with van der Waals surface area (Å²) in [5.41, 5.74) is 2.62. The van der Waals surface area contributed by atoms with Crippen LogP contribution in [0, 0.1) is 6.92 Å². The van der Waals surface area contributed by atoms with E-state index in [1.165, 1.54) is 23.0 Å². The van der Waals surface area contributed by atoms with E-state index in [2.05, 4.69) is 20.4 Å². The van der Waals surface area contributed by atoms with Crippen molar-refractivity contribution in [2.75, 3.05) is 49.2 Å². The minimum atomic E-state index is -2.26. The Kier molecular flexibility index (Phi) is 8.11. The minimum Gasteiger partial charge on any atom is -0.504 e. The van der Waals surface area contributed by atoms with Crippen molar-refractivity contribution in [2.24, 2.45) is 0 Å². The van der Waals surface area contributed by atoms with E-state index < -0.39 is 23.6 Å². The highest BCUT2D eigenvalue weighted by atomic mass is 35.5. The van der Waals surface area contributed by atoms with E-state index >= 15 is 0 Å². The second-order valence-electron chi connectivity index (χ2n) is 11.8. The van der Waals surface area contributed by atoms with Crippen molar-refractivity contribution in [2.45, 2.75) is 38.1 Å². The van der Waals surface area contributed by atoms with E-state index in [0.717, 1.165) is 17.7 Å². The Morgan fingerprint density at radius 1 is 1.14 bits per heavy atom. The van der Waals surface area contributed by atoms with E-state index in [4.69, 9.17) is 25.4 Å². The van der Waals surface area contributed by atoms with Crippen LogP contribution in [0.5, 0.6) is 11.5 Å². The summed E-state index contributed by atoms with van der Waals surface area (Å²) in [5, 5.41) is 18.0. The first kappa shape index (κ1) is 29.7. The van der Waals surface area contributed by atoms with Crippen LogP contribution in [0.25, 0.3) is 17.2 Å². The van der Waals surface area contributed by atoms with Gasteiger partial charge in [0.15, 0.2) is 17.3 Å². The molecule has 5 heterocycles. The Morgan fingerprint density at radius 2 is 1.96 bits per heavy atom. The monoisotopic (exact) mass is 718 g/mol. The number of carbonyl (C=O) groups is 2. The van der Waals surface area contributed by atoms with Crippen molar-refractivity contribution in [3.8, 4) is 22.9 Å². The number of fused-ring (bicyclic) bond motifs is 2. The molecule has 0 unspecified atom stereocenters. The fourth-order valence-corrected chi connectivity index (χ4v) is 6.88. The third kappa shape index (κ3) is 6.11. The summed E-state index contributed by atoms with van der Waals surface area (Å²) in [6.45, 7) is 4.79. The molecule has 1 fully saturated rings. The molecule has 14 nitrogen and oxygen atoms in total. The number of piperazine rings is 1. The lowest BCUT2D eigenvalue weighted by atomic mass is 10.1. The van der Waals surface area contributed by atoms with Gasteiger partial charge in [-0.25, -0.2) is 9.97 Å². The van der Waals surface area contributed by atoms with Gasteiger partial charge in [-0.05, 0) is 61.5 Å². The molecule has 2 aromatic carbocycles. The first-order valence-corrected chi connectivity index (χ1v) is 17.1. The van der Waals surface area contributed by atoms with Gasteiger partial charge >= 0.3 is 0 Å². The molecule has 5 aromatic rings. The lowest BCUT2D eigenvalue weighted by molar-refractivity contribution is -0.116. The topological polar surface area (TPSA) is 160 Å². The van der Waals surface area contributed by atoms with Crippen LogP contribution in [-0.4, -0.2) is 89.9 Å². The van der Waals surface area contributed by atoms with Gasteiger partial charge in [-0.3, -0.25) is 14.4 Å². The Balaban J connectivity index is 1.24. The molecule has 1 saturated heterocycles. The Hall–Kier alpha value is -5.15. The van der Waals surface area contributed by atoms with E-state index in [-0.39, 0.29) is 60.7 Å². The van der Waals surface area contributed by atoms with Gasteiger partial charge in [0.1, 0.15) is 24.3 Å². The Labute approximate surface area is 300 Å². The molecule has 16 heteroatoms. The summed E-state index contributed by atoms with van der Waals surface area (Å²) in [4.78, 5) is 57.9. The normalized spacial score (nSPS) is 15.3. The number of amides is 2. The summed E-state index contributed by atoms with van der Waals surface area (Å²) in [5.74, 6) is 0.0589. The average molecular weight is 719 g/mol. The number of hydrogen-bond acceptors (Lipinski definition) is 11. The smallest absolute Gasteiger partial charge is 0.299 e. The number of hydrogen-bond donors (Lipinski definition) is 2. The molecule has 0 bridgehead atoms. The quantitative estimate of drug-likeness (QED) is 0.225. The molecule has 0 radical (unpaired) electrons. The molecule has 0 spiro atoms. The maximum absolute atomic E-state index is 14.4. The molecular formula is C34H34ClN9O5S. The van der Waals surface area contributed by atoms with Gasteiger partial charge in [0.25, 0.3) is 11.5 Å². The number of thioether (sulfide) groups is 1. The van der Waals surface area contributed by atoms with Gasteiger partial charge in [0.2, 0.25) is 11.7 Å².